The summed E-state index contributed by atoms with van der Waals surface area (Å²) in [5.74, 6) is 0. The van der Waals surface area contributed by atoms with E-state index in [1.807, 2.05) is 0 Å². The Morgan fingerprint density at radius 3 is 2.30 bits per heavy atom. The molecular weight excluding hydrogens is 244 g/mol. The molecule has 0 radical (unpaired) electrons. The van der Waals surface area contributed by atoms with Crippen LogP contribution in [0.25, 0.3) is 0 Å². The molecule has 0 saturated heterocycles. The molecule has 1 aliphatic rings. The van der Waals surface area contributed by atoms with Gasteiger partial charge in [-0.3, -0.25) is 5.32 Å². The van der Waals surface area contributed by atoms with Crippen molar-refractivity contribution in [2.45, 2.75) is 59.7 Å². The molecule has 112 valence electrons. The predicted octanol–water partition coefficient (Wildman–Crippen LogP) is 4.39. The van der Waals surface area contributed by atoms with Gasteiger partial charge in [-0.2, -0.15) is 0 Å². The predicted molar refractivity (Wildman–Crippen MR) is 89.5 cm³/mol. The van der Waals surface area contributed by atoms with Crippen molar-refractivity contribution in [2.24, 2.45) is 0 Å². The van der Waals surface area contributed by atoms with Gasteiger partial charge in [-0.05, 0) is 53.0 Å². The van der Waals surface area contributed by atoms with E-state index < -0.39 is 0 Å². The number of rotatable bonds is 7. The van der Waals surface area contributed by atoms with Crippen LogP contribution in [0.4, 0.5) is 0 Å². The summed E-state index contributed by atoms with van der Waals surface area (Å²) in [5.41, 5.74) is 3.85. The summed E-state index contributed by atoms with van der Waals surface area (Å²) in [7, 11) is 2.16. The van der Waals surface area contributed by atoms with Crippen molar-refractivity contribution in [3.05, 3.63) is 47.2 Å². The highest BCUT2D eigenvalue weighted by molar-refractivity contribution is 5.39. The van der Waals surface area contributed by atoms with E-state index in [4.69, 9.17) is 0 Å². The quantitative estimate of drug-likeness (QED) is 0.547. The molecule has 2 heteroatoms. The van der Waals surface area contributed by atoms with Gasteiger partial charge in [0.2, 0.25) is 0 Å². The first kappa shape index (κ1) is 16.8. The van der Waals surface area contributed by atoms with E-state index in [0.717, 1.165) is 6.04 Å². The summed E-state index contributed by atoms with van der Waals surface area (Å²) in [4.78, 5) is 2.32. The molecule has 0 heterocycles. The van der Waals surface area contributed by atoms with Crippen LogP contribution in [-0.2, 0) is 0 Å². The van der Waals surface area contributed by atoms with Gasteiger partial charge in [-0.25, -0.2) is 0 Å². The van der Waals surface area contributed by atoms with E-state index >= 15 is 0 Å². The number of likely N-dealkylation sites (N-methyl/N-ethyl adjacent to an activating group) is 1. The summed E-state index contributed by atoms with van der Waals surface area (Å²) < 4.78 is 0. The summed E-state index contributed by atoms with van der Waals surface area (Å²) in [6, 6.07) is 0.723. The molecule has 2 nitrogen and oxygen atoms in total. The van der Waals surface area contributed by atoms with Crippen molar-refractivity contribution in [2.75, 3.05) is 7.05 Å². The Kier molecular flexibility index (Phi) is 6.80. The second kappa shape index (κ2) is 8.11. The Morgan fingerprint density at radius 2 is 1.85 bits per heavy atom. The van der Waals surface area contributed by atoms with Gasteiger partial charge >= 0.3 is 0 Å². The fourth-order valence-corrected chi connectivity index (χ4v) is 2.16. The van der Waals surface area contributed by atoms with Crippen molar-refractivity contribution >= 4 is 0 Å². The van der Waals surface area contributed by atoms with Gasteiger partial charge in [0.05, 0.1) is 6.17 Å². The molecular formula is C18H30N2. The number of nitrogens with one attached hydrogen (secondary N) is 1. The molecule has 1 fully saturated rings. The van der Waals surface area contributed by atoms with E-state index in [-0.39, 0.29) is 0 Å². The zero-order chi connectivity index (χ0) is 15.1. The normalized spacial score (nSPS) is 18.3. The molecule has 0 bridgehead atoms. The third-order valence-corrected chi connectivity index (χ3v) is 3.60. The van der Waals surface area contributed by atoms with Gasteiger partial charge in [0, 0.05) is 18.8 Å². The lowest BCUT2D eigenvalue weighted by Crippen LogP contribution is -2.42. The highest BCUT2D eigenvalue weighted by Crippen LogP contribution is 2.22. The molecule has 1 atom stereocenters. The molecule has 0 aromatic carbocycles. The molecule has 1 rings (SSSR count). The first-order chi connectivity index (χ1) is 9.49. The van der Waals surface area contributed by atoms with Gasteiger partial charge < -0.3 is 4.90 Å². The Morgan fingerprint density at radius 1 is 1.20 bits per heavy atom. The van der Waals surface area contributed by atoms with Crippen molar-refractivity contribution in [1.29, 1.82) is 0 Å². The van der Waals surface area contributed by atoms with Crippen LogP contribution in [-0.4, -0.2) is 24.2 Å². The molecule has 1 unspecified atom stereocenters. The van der Waals surface area contributed by atoms with Crippen LogP contribution in [0, 0.1) is 0 Å². The lowest BCUT2D eigenvalue weighted by molar-refractivity contribution is 0.276. The molecule has 1 N–H and O–H groups in total. The van der Waals surface area contributed by atoms with Crippen LogP contribution in [0.15, 0.2) is 47.2 Å². The maximum Gasteiger partial charge on any atom is 0.0766 e. The fraction of sp³-hybridized carbons (Fsp3) is 0.556. The van der Waals surface area contributed by atoms with E-state index in [2.05, 4.69) is 82.3 Å². The molecule has 0 aliphatic heterocycles. The lowest BCUT2D eigenvalue weighted by Gasteiger charge is -2.31. The summed E-state index contributed by atoms with van der Waals surface area (Å²) in [5, 5.41) is 3.64. The third kappa shape index (κ3) is 5.38. The fourth-order valence-electron chi connectivity index (χ4n) is 2.16. The molecule has 0 spiro atoms. The summed E-state index contributed by atoms with van der Waals surface area (Å²) in [6.07, 6.45) is 13.8. The van der Waals surface area contributed by atoms with Crippen LogP contribution in [0.3, 0.4) is 0 Å². The van der Waals surface area contributed by atoms with E-state index in [1.54, 1.807) is 0 Å². The maximum absolute atomic E-state index is 3.64. The number of allylic oxidation sites excluding steroid dienone is 6. The zero-order valence-electron chi connectivity index (χ0n) is 13.9. The van der Waals surface area contributed by atoms with Crippen molar-refractivity contribution in [3.63, 3.8) is 0 Å². The lowest BCUT2D eigenvalue weighted by atomic mass is 10.1. The first-order valence-corrected chi connectivity index (χ1v) is 7.63. The van der Waals surface area contributed by atoms with Crippen LogP contribution in [0.1, 0.15) is 47.5 Å². The maximum atomic E-state index is 3.64. The second-order valence-corrected chi connectivity index (χ2v) is 5.75. The van der Waals surface area contributed by atoms with Gasteiger partial charge in [-0.15, -0.1) is 0 Å². The molecule has 20 heavy (non-hydrogen) atoms. The van der Waals surface area contributed by atoms with Crippen molar-refractivity contribution < 1.29 is 0 Å². The topological polar surface area (TPSA) is 15.3 Å². The summed E-state index contributed by atoms with van der Waals surface area (Å²) in [6.45, 7) is 10.7. The van der Waals surface area contributed by atoms with Crippen molar-refractivity contribution in [1.82, 2.24) is 10.2 Å². The first-order valence-electron chi connectivity index (χ1n) is 7.63. The van der Waals surface area contributed by atoms with Crippen molar-refractivity contribution in [3.8, 4) is 0 Å². The van der Waals surface area contributed by atoms with Gasteiger partial charge in [0.15, 0.2) is 0 Å². The van der Waals surface area contributed by atoms with E-state index in [0.29, 0.717) is 6.17 Å². The van der Waals surface area contributed by atoms with Crippen LogP contribution >= 0.6 is 0 Å². The van der Waals surface area contributed by atoms with Crippen LogP contribution in [0.2, 0.25) is 0 Å². The summed E-state index contributed by atoms with van der Waals surface area (Å²) >= 11 is 0. The zero-order valence-corrected chi connectivity index (χ0v) is 13.9. The Balaban J connectivity index is 2.75. The van der Waals surface area contributed by atoms with E-state index in [1.165, 1.54) is 29.7 Å². The monoisotopic (exact) mass is 274 g/mol. The smallest absolute Gasteiger partial charge is 0.0766 e. The molecule has 0 amide bonds. The Bertz CT molecular complexity index is 419. The SMILES string of the molecule is C/C=C(C(/C=C\C=C(C)C)=C/C)\N(C)C(C)NC1CC1. The van der Waals surface area contributed by atoms with Crippen LogP contribution < -0.4 is 5.32 Å². The molecule has 0 aromatic heterocycles. The number of nitrogens with zero attached hydrogens (tertiary/aromatic N) is 1. The molecule has 1 aliphatic carbocycles. The average Bonchev–Trinajstić information content (AvgIpc) is 3.20. The average molecular weight is 274 g/mol. The third-order valence-electron chi connectivity index (χ3n) is 3.60. The second-order valence-electron chi connectivity index (χ2n) is 5.75. The van der Waals surface area contributed by atoms with Gasteiger partial charge in [0.25, 0.3) is 0 Å². The Labute approximate surface area is 124 Å². The largest absolute Gasteiger partial charge is 0.359 e. The number of hydrogen-bond donors (Lipinski definition) is 1. The minimum Gasteiger partial charge on any atom is -0.359 e. The number of hydrogen-bond acceptors (Lipinski definition) is 2. The minimum absolute atomic E-state index is 0.362. The highest BCUT2D eigenvalue weighted by atomic mass is 15.3. The minimum atomic E-state index is 0.362. The molecule has 0 aromatic rings. The van der Waals surface area contributed by atoms with Gasteiger partial charge in [-0.1, -0.05) is 36.0 Å². The van der Waals surface area contributed by atoms with Crippen LogP contribution in [0.5, 0.6) is 0 Å². The highest BCUT2D eigenvalue weighted by Gasteiger charge is 2.25. The van der Waals surface area contributed by atoms with Gasteiger partial charge in [0.1, 0.15) is 0 Å². The standard InChI is InChI=1S/C18H30N2/c1-7-16(11-9-10-14(3)4)18(8-2)20(6)15(5)19-17-12-13-17/h7-11,15,17,19H,12-13H2,1-6H3/b11-9-,16-7+,18-8-. The Hall–Kier alpha value is -1.28. The van der Waals surface area contributed by atoms with E-state index in [9.17, 15) is 0 Å². The molecule has 1 saturated carbocycles.